The third-order valence-corrected chi connectivity index (χ3v) is 4.05. The second kappa shape index (κ2) is 7.88. The predicted molar refractivity (Wildman–Crippen MR) is 86.2 cm³/mol. The lowest BCUT2D eigenvalue weighted by molar-refractivity contribution is -0.137. The van der Waals surface area contributed by atoms with Gasteiger partial charge in [-0.1, -0.05) is 25.9 Å². The molecule has 1 aliphatic heterocycles. The van der Waals surface area contributed by atoms with Crippen molar-refractivity contribution in [1.29, 1.82) is 0 Å². The number of carboxylic acid groups (broad SMARTS) is 1. The van der Waals surface area contributed by atoms with E-state index >= 15 is 0 Å². The highest BCUT2D eigenvalue weighted by Gasteiger charge is 2.23. The van der Waals surface area contributed by atoms with Gasteiger partial charge >= 0.3 is 5.97 Å². The van der Waals surface area contributed by atoms with Gasteiger partial charge in [0.05, 0.1) is 6.54 Å². The molecule has 0 amide bonds. The van der Waals surface area contributed by atoms with Gasteiger partial charge in [-0.25, -0.2) is 0 Å². The van der Waals surface area contributed by atoms with Crippen molar-refractivity contribution in [2.75, 3.05) is 32.7 Å². The summed E-state index contributed by atoms with van der Waals surface area (Å²) in [4.78, 5) is 19.7. The van der Waals surface area contributed by atoms with Crippen LogP contribution in [0.15, 0.2) is 4.52 Å². The van der Waals surface area contributed by atoms with Crippen LogP contribution in [0.3, 0.4) is 0 Å². The van der Waals surface area contributed by atoms with Gasteiger partial charge in [0.25, 0.3) is 0 Å². The van der Waals surface area contributed by atoms with Crippen LogP contribution >= 0.6 is 0 Å². The van der Waals surface area contributed by atoms with Crippen LogP contribution in [0.2, 0.25) is 0 Å². The minimum atomic E-state index is -0.704. The van der Waals surface area contributed by atoms with Gasteiger partial charge in [0, 0.05) is 38.0 Å². The Morgan fingerprint density at radius 3 is 2.39 bits per heavy atom. The molecule has 0 bridgehead atoms. The summed E-state index contributed by atoms with van der Waals surface area (Å²) in [6.07, 6.45) is 1.98. The third-order valence-electron chi connectivity index (χ3n) is 4.05. The minimum Gasteiger partial charge on any atom is -0.481 e. The Bertz CT molecular complexity index is 502. The van der Waals surface area contributed by atoms with Crippen LogP contribution in [-0.4, -0.2) is 63.7 Å². The molecule has 0 saturated carbocycles. The summed E-state index contributed by atoms with van der Waals surface area (Å²) >= 11 is 0. The van der Waals surface area contributed by atoms with Crippen molar-refractivity contribution in [3.63, 3.8) is 0 Å². The quantitative estimate of drug-likeness (QED) is 0.765. The molecule has 0 atom stereocenters. The first-order valence-corrected chi connectivity index (χ1v) is 8.34. The molecular weight excluding hydrogens is 296 g/mol. The van der Waals surface area contributed by atoms with Gasteiger partial charge < -0.3 is 14.5 Å². The lowest BCUT2D eigenvalue weighted by atomic mass is 9.97. The van der Waals surface area contributed by atoms with E-state index in [1.54, 1.807) is 0 Å². The lowest BCUT2D eigenvalue weighted by Gasteiger charge is -2.34. The second-order valence-electron chi connectivity index (χ2n) is 7.23. The van der Waals surface area contributed by atoms with Crippen molar-refractivity contribution in [3.8, 4) is 0 Å². The number of rotatable bonds is 7. The first-order valence-electron chi connectivity index (χ1n) is 8.34. The van der Waals surface area contributed by atoms with Gasteiger partial charge in [0.2, 0.25) is 5.89 Å². The van der Waals surface area contributed by atoms with E-state index in [2.05, 4.69) is 40.7 Å². The van der Waals surface area contributed by atoms with E-state index in [4.69, 9.17) is 9.63 Å². The smallest absolute Gasteiger partial charge is 0.303 e. The molecule has 1 N–H and O–H groups in total. The van der Waals surface area contributed by atoms with Gasteiger partial charge in [0.1, 0.15) is 0 Å². The number of nitrogens with zero attached hydrogens (tertiary/aromatic N) is 4. The largest absolute Gasteiger partial charge is 0.481 e. The molecule has 2 rings (SSSR count). The van der Waals surface area contributed by atoms with E-state index in [1.165, 1.54) is 0 Å². The fraction of sp³-hybridized carbons (Fsp3) is 0.812. The Kier molecular flexibility index (Phi) is 6.12. The molecule has 23 heavy (non-hydrogen) atoms. The molecule has 0 unspecified atom stereocenters. The van der Waals surface area contributed by atoms with Crippen molar-refractivity contribution >= 4 is 5.97 Å². The first-order chi connectivity index (χ1) is 10.8. The number of unbranched alkanes of at least 4 members (excludes halogenated alkanes) is 1. The molecular formula is C16H28N4O3. The van der Waals surface area contributed by atoms with Crippen LogP contribution in [0.5, 0.6) is 0 Å². The van der Waals surface area contributed by atoms with Gasteiger partial charge in [-0.05, 0) is 19.4 Å². The van der Waals surface area contributed by atoms with Crippen LogP contribution in [0.4, 0.5) is 0 Å². The predicted octanol–water partition coefficient (Wildman–Crippen LogP) is 1.74. The van der Waals surface area contributed by atoms with E-state index in [0.29, 0.717) is 5.89 Å². The summed E-state index contributed by atoms with van der Waals surface area (Å²) in [5.74, 6) is 0.735. The van der Waals surface area contributed by atoms with Crippen LogP contribution in [-0.2, 0) is 16.8 Å². The summed E-state index contributed by atoms with van der Waals surface area (Å²) in [5.41, 5.74) is -0.111. The Balaban J connectivity index is 1.68. The average molecular weight is 324 g/mol. The Labute approximate surface area is 137 Å². The molecule has 0 radical (unpaired) electrons. The molecule has 1 aromatic rings. The zero-order valence-electron chi connectivity index (χ0n) is 14.4. The van der Waals surface area contributed by atoms with Crippen molar-refractivity contribution < 1.29 is 14.4 Å². The van der Waals surface area contributed by atoms with Gasteiger partial charge in [0.15, 0.2) is 5.82 Å². The zero-order chi connectivity index (χ0) is 16.9. The van der Waals surface area contributed by atoms with Gasteiger partial charge in [-0.15, -0.1) is 0 Å². The van der Waals surface area contributed by atoms with Crippen molar-refractivity contribution in [2.24, 2.45) is 0 Å². The maximum absolute atomic E-state index is 10.5. The van der Waals surface area contributed by atoms with Gasteiger partial charge in [-0.2, -0.15) is 4.98 Å². The number of hydrogen-bond acceptors (Lipinski definition) is 6. The van der Waals surface area contributed by atoms with Crippen molar-refractivity contribution in [2.45, 2.75) is 52.0 Å². The van der Waals surface area contributed by atoms with E-state index in [1.807, 2.05) is 0 Å². The molecule has 0 spiro atoms. The zero-order valence-corrected chi connectivity index (χ0v) is 14.4. The van der Waals surface area contributed by atoms with E-state index < -0.39 is 5.97 Å². The highest BCUT2D eigenvalue weighted by molar-refractivity contribution is 5.66. The summed E-state index contributed by atoms with van der Waals surface area (Å²) in [6, 6.07) is 0. The lowest BCUT2D eigenvalue weighted by Crippen LogP contribution is -2.46. The standard InChI is InChI=1S/C16H28N4O3/c1-16(2,3)15-17-13(18-23-15)12-20-10-8-19(9-11-20)7-5-4-6-14(21)22/h4-12H2,1-3H3,(H,21,22). The Hall–Kier alpha value is -1.47. The SMILES string of the molecule is CC(C)(C)c1nc(CN2CCN(CCCCC(=O)O)CC2)no1. The molecule has 1 fully saturated rings. The number of carboxylic acids is 1. The third kappa shape index (κ3) is 5.91. The molecule has 2 heterocycles. The number of aromatic nitrogens is 2. The molecule has 1 aliphatic rings. The van der Waals surface area contributed by atoms with Gasteiger partial charge in [-0.3, -0.25) is 9.69 Å². The first kappa shape index (κ1) is 17.9. The number of aliphatic carboxylic acids is 1. The number of hydrogen-bond donors (Lipinski definition) is 1. The van der Waals surface area contributed by atoms with E-state index in [9.17, 15) is 4.79 Å². The molecule has 130 valence electrons. The van der Waals surface area contributed by atoms with Crippen molar-refractivity contribution in [3.05, 3.63) is 11.7 Å². The van der Waals surface area contributed by atoms with Crippen LogP contribution < -0.4 is 0 Å². The number of carbonyl (C=O) groups is 1. The Morgan fingerprint density at radius 2 is 1.83 bits per heavy atom. The van der Waals surface area contributed by atoms with Crippen molar-refractivity contribution in [1.82, 2.24) is 19.9 Å². The van der Waals surface area contributed by atoms with Crippen LogP contribution in [0.25, 0.3) is 0 Å². The van der Waals surface area contributed by atoms with E-state index in [-0.39, 0.29) is 11.8 Å². The summed E-state index contributed by atoms with van der Waals surface area (Å²) in [6.45, 7) is 11.9. The fourth-order valence-electron chi connectivity index (χ4n) is 2.61. The Morgan fingerprint density at radius 1 is 1.17 bits per heavy atom. The van der Waals surface area contributed by atoms with Crippen LogP contribution in [0.1, 0.15) is 51.7 Å². The molecule has 7 nitrogen and oxygen atoms in total. The second-order valence-corrected chi connectivity index (χ2v) is 7.23. The number of piperazine rings is 1. The minimum absolute atomic E-state index is 0.111. The molecule has 1 saturated heterocycles. The molecule has 0 aromatic carbocycles. The van der Waals surface area contributed by atoms with Crippen LogP contribution in [0, 0.1) is 0 Å². The monoisotopic (exact) mass is 324 g/mol. The highest BCUT2D eigenvalue weighted by atomic mass is 16.5. The fourth-order valence-corrected chi connectivity index (χ4v) is 2.61. The summed E-state index contributed by atoms with van der Waals surface area (Å²) in [5, 5.41) is 12.7. The summed E-state index contributed by atoms with van der Waals surface area (Å²) in [7, 11) is 0. The normalized spacial score (nSPS) is 17.5. The highest BCUT2D eigenvalue weighted by Crippen LogP contribution is 2.20. The molecule has 7 heteroatoms. The van der Waals surface area contributed by atoms with E-state index in [0.717, 1.165) is 57.9 Å². The molecule has 0 aliphatic carbocycles. The maximum Gasteiger partial charge on any atom is 0.303 e. The average Bonchev–Trinajstić information content (AvgIpc) is 2.94. The maximum atomic E-state index is 10.5. The topological polar surface area (TPSA) is 82.7 Å². The summed E-state index contributed by atoms with van der Waals surface area (Å²) < 4.78 is 5.33. The molecule has 1 aromatic heterocycles.